The van der Waals surface area contributed by atoms with E-state index in [0.29, 0.717) is 0 Å². The monoisotopic (exact) mass is 357 g/mol. The van der Waals surface area contributed by atoms with Gasteiger partial charge in [0.25, 0.3) is 0 Å². The van der Waals surface area contributed by atoms with Crippen LogP contribution in [0.5, 0.6) is 0 Å². The minimum absolute atomic E-state index is 0.0404. The first kappa shape index (κ1) is 17.8. The summed E-state index contributed by atoms with van der Waals surface area (Å²) < 4.78 is 0. The predicted octanol–water partition coefficient (Wildman–Crippen LogP) is 3.80. The number of rotatable bonds is 4. The number of hydrogen-bond acceptors (Lipinski definition) is 3. The fourth-order valence-electron chi connectivity index (χ4n) is 3.21. The molecule has 1 amide bonds. The van der Waals surface area contributed by atoms with Gasteiger partial charge in [-0.05, 0) is 43.7 Å². The van der Waals surface area contributed by atoms with Crippen molar-refractivity contribution < 1.29 is 4.79 Å². The van der Waals surface area contributed by atoms with Crippen LogP contribution < -0.4 is 10.2 Å². The molecule has 1 aliphatic heterocycles. The Morgan fingerprint density at radius 3 is 2.44 bits per heavy atom. The van der Waals surface area contributed by atoms with E-state index in [0.717, 1.165) is 36.9 Å². The summed E-state index contributed by atoms with van der Waals surface area (Å²) in [7, 11) is 0. The normalized spacial score (nSPS) is 16.5. The molecule has 25 heavy (non-hydrogen) atoms. The van der Waals surface area contributed by atoms with Crippen LogP contribution in [0.3, 0.4) is 0 Å². The molecule has 1 fully saturated rings. The fraction of sp³-hybridized carbons (Fsp3) is 0.350. The van der Waals surface area contributed by atoms with Crippen molar-refractivity contribution in [1.82, 2.24) is 4.90 Å². The molecule has 3 rings (SSSR count). The van der Waals surface area contributed by atoms with Crippen LogP contribution in [-0.4, -0.2) is 43.0 Å². The van der Waals surface area contributed by atoms with E-state index in [1.165, 1.54) is 11.3 Å². The molecule has 132 valence electrons. The third-order valence-electron chi connectivity index (χ3n) is 4.79. The van der Waals surface area contributed by atoms with Crippen molar-refractivity contribution in [1.29, 1.82) is 0 Å². The largest absolute Gasteiger partial charge is 0.369 e. The van der Waals surface area contributed by atoms with Crippen molar-refractivity contribution in [3.8, 4) is 0 Å². The number of piperazine rings is 1. The van der Waals surface area contributed by atoms with Gasteiger partial charge < -0.3 is 10.2 Å². The Hall–Kier alpha value is -2.04. The van der Waals surface area contributed by atoms with E-state index < -0.39 is 0 Å². The number of carbonyl (C=O) groups excluding carboxylic acids is 1. The predicted molar refractivity (Wildman–Crippen MR) is 105 cm³/mol. The zero-order valence-corrected chi connectivity index (χ0v) is 15.5. The number of benzene rings is 2. The van der Waals surface area contributed by atoms with Crippen LogP contribution in [0, 0.1) is 6.92 Å². The van der Waals surface area contributed by atoms with Gasteiger partial charge in [-0.25, -0.2) is 0 Å². The third-order valence-corrected chi connectivity index (χ3v) is 5.03. The lowest BCUT2D eigenvalue weighted by Crippen LogP contribution is -2.53. The lowest BCUT2D eigenvalue weighted by Gasteiger charge is -2.39. The summed E-state index contributed by atoms with van der Waals surface area (Å²) in [5, 5.41) is 3.75. The molecule has 0 aromatic heterocycles. The van der Waals surface area contributed by atoms with Crippen LogP contribution in [0.25, 0.3) is 0 Å². The number of halogens is 1. The van der Waals surface area contributed by atoms with Crippen LogP contribution >= 0.6 is 11.6 Å². The summed E-state index contributed by atoms with van der Waals surface area (Å²) in [6, 6.07) is 15.5. The number of nitrogens with zero attached hydrogens (tertiary/aromatic N) is 2. The number of hydrogen-bond donors (Lipinski definition) is 1. The zero-order valence-electron chi connectivity index (χ0n) is 14.7. The highest BCUT2D eigenvalue weighted by molar-refractivity contribution is 6.30. The summed E-state index contributed by atoms with van der Waals surface area (Å²) in [6.07, 6.45) is 0. The molecule has 1 aliphatic rings. The molecule has 2 aromatic carbocycles. The molecular formula is C20H24ClN3O. The maximum absolute atomic E-state index is 12.5. The van der Waals surface area contributed by atoms with Gasteiger partial charge in [-0.2, -0.15) is 0 Å². The van der Waals surface area contributed by atoms with Crippen molar-refractivity contribution >= 4 is 28.9 Å². The molecule has 1 N–H and O–H groups in total. The van der Waals surface area contributed by atoms with E-state index in [1.807, 2.05) is 49.4 Å². The van der Waals surface area contributed by atoms with Gasteiger partial charge in [0.2, 0.25) is 5.91 Å². The van der Waals surface area contributed by atoms with Crippen LogP contribution in [0.15, 0.2) is 48.5 Å². The van der Waals surface area contributed by atoms with Gasteiger partial charge in [0.05, 0.1) is 6.04 Å². The van der Waals surface area contributed by atoms with Crippen LogP contribution in [-0.2, 0) is 4.79 Å². The van der Waals surface area contributed by atoms with Crippen molar-refractivity contribution in [3.05, 3.63) is 59.1 Å². The Labute approximate surface area is 154 Å². The number of amides is 1. The lowest BCUT2D eigenvalue weighted by atomic mass is 10.1. The highest BCUT2D eigenvalue weighted by Gasteiger charge is 2.26. The molecule has 0 aliphatic carbocycles. The van der Waals surface area contributed by atoms with Gasteiger partial charge in [-0.1, -0.05) is 35.9 Å². The Kier molecular flexibility index (Phi) is 5.61. The number of anilines is 2. The Balaban J connectivity index is 1.58. The molecule has 1 heterocycles. The van der Waals surface area contributed by atoms with Crippen LogP contribution in [0.2, 0.25) is 5.02 Å². The quantitative estimate of drug-likeness (QED) is 0.904. The molecule has 1 atom stereocenters. The molecule has 5 heteroatoms. The summed E-state index contributed by atoms with van der Waals surface area (Å²) in [5.74, 6) is 0.0404. The highest BCUT2D eigenvalue weighted by atomic mass is 35.5. The molecule has 0 unspecified atom stereocenters. The minimum atomic E-state index is -0.150. The van der Waals surface area contributed by atoms with Gasteiger partial charge >= 0.3 is 0 Å². The molecule has 0 saturated carbocycles. The van der Waals surface area contributed by atoms with Gasteiger partial charge in [-0.15, -0.1) is 0 Å². The van der Waals surface area contributed by atoms with E-state index in [1.54, 1.807) is 0 Å². The third kappa shape index (κ3) is 4.33. The number of carbonyl (C=O) groups is 1. The Morgan fingerprint density at radius 2 is 1.76 bits per heavy atom. The minimum Gasteiger partial charge on any atom is -0.369 e. The van der Waals surface area contributed by atoms with Gasteiger partial charge in [0.1, 0.15) is 0 Å². The number of para-hydroxylation sites is 1. The lowest BCUT2D eigenvalue weighted by molar-refractivity contribution is -0.120. The molecule has 4 nitrogen and oxygen atoms in total. The van der Waals surface area contributed by atoms with Crippen molar-refractivity contribution in [3.63, 3.8) is 0 Å². The smallest absolute Gasteiger partial charge is 0.241 e. The van der Waals surface area contributed by atoms with Crippen molar-refractivity contribution in [2.45, 2.75) is 19.9 Å². The summed E-state index contributed by atoms with van der Waals surface area (Å²) >= 11 is 6.14. The van der Waals surface area contributed by atoms with Gasteiger partial charge in [-0.3, -0.25) is 9.69 Å². The standard InChI is InChI=1S/C20H24ClN3O/c1-15-8-9-17(21)14-19(15)24-12-10-23(11-13-24)16(2)20(25)22-18-6-4-3-5-7-18/h3-9,14,16H,10-13H2,1-2H3,(H,22,25)/t16-/m1/s1. The average molecular weight is 358 g/mol. The second-order valence-corrected chi connectivity index (χ2v) is 6.92. The van der Waals surface area contributed by atoms with E-state index in [4.69, 9.17) is 11.6 Å². The molecule has 0 spiro atoms. The number of aryl methyl sites for hydroxylation is 1. The Morgan fingerprint density at radius 1 is 1.08 bits per heavy atom. The second-order valence-electron chi connectivity index (χ2n) is 6.49. The maximum atomic E-state index is 12.5. The molecule has 0 radical (unpaired) electrons. The first-order valence-corrected chi connectivity index (χ1v) is 9.03. The Bertz CT molecular complexity index is 727. The molecule has 1 saturated heterocycles. The summed E-state index contributed by atoms with van der Waals surface area (Å²) in [4.78, 5) is 17.1. The van der Waals surface area contributed by atoms with Crippen LogP contribution in [0.1, 0.15) is 12.5 Å². The van der Waals surface area contributed by atoms with E-state index in [2.05, 4.69) is 28.1 Å². The van der Waals surface area contributed by atoms with E-state index >= 15 is 0 Å². The van der Waals surface area contributed by atoms with Crippen molar-refractivity contribution in [2.75, 3.05) is 36.4 Å². The fourth-order valence-corrected chi connectivity index (χ4v) is 3.37. The first-order valence-electron chi connectivity index (χ1n) is 8.65. The van der Waals surface area contributed by atoms with Gasteiger partial charge in [0.15, 0.2) is 0 Å². The molecular weight excluding hydrogens is 334 g/mol. The topological polar surface area (TPSA) is 35.6 Å². The highest BCUT2D eigenvalue weighted by Crippen LogP contribution is 2.25. The first-order chi connectivity index (χ1) is 12.0. The van der Waals surface area contributed by atoms with E-state index in [-0.39, 0.29) is 11.9 Å². The summed E-state index contributed by atoms with van der Waals surface area (Å²) in [6.45, 7) is 7.57. The van der Waals surface area contributed by atoms with Crippen LogP contribution in [0.4, 0.5) is 11.4 Å². The second kappa shape index (κ2) is 7.89. The summed E-state index contributed by atoms with van der Waals surface area (Å²) in [5.41, 5.74) is 3.26. The molecule has 2 aromatic rings. The van der Waals surface area contributed by atoms with E-state index in [9.17, 15) is 4.79 Å². The zero-order chi connectivity index (χ0) is 17.8. The number of nitrogens with one attached hydrogen (secondary N) is 1. The SMILES string of the molecule is Cc1ccc(Cl)cc1N1CCN([C@H](C)C(=O)Nc2ccccc2)CC1. The average Bonchev–Trinajstić information content (AvgIpc) is 2.64. The molecule has 0 bridgehead atoms. The maximum Gasteiger partial charge on any atom is 0.241 e. The van der Waals surface area contributed by atoms with Crippen molar-refractivity contribution in [2.24, 2.45) is 0 Å². The van der Waals surface area contributed by atoms with Gasteiger partial charge in [0, 0.05) is 42.6 Å².